The lowest BCUT2D eigenvalue weighted by molar-refractivity contribution is -0.121. The van der Waals surface area contributed by atoms with Crippen LogP contribution < -0.4 is 16.0 Å². The van der Waals surface area contributed by atoms with Gasteiger partial charge in [-0.3, -0.25) is 9.79 Å². The van der Waals surface area contributed by atoms with Crippen LogP contribution in [0.3, 0.4) is 0 Å². The van der Waals surface area contributed by atoms with Crippen LogP contribution >= 0.6 is 0 Å². The number of amides is 1. The quantitative estimate of drug-likeness (QED) is 0.405. The fourth-order valence-electron chi connectivity index (χ4n) is 3.40. The normalized spacial score (nSPS) is 18.8. The maximum Gasteiger partial charge on any atom is 0.222 e. The highest BCUT2D eigenvalue weighted by molar-refractivity contribution is 7.91. The predicted molar refractivity (Wildman–Crippen MR) is 123 cm³/mol. The van der Waals surface area contributed by atoms with Crippen molar-refractivity contribution in [3.63, 3.8) is 0 Å². The standard InChI is InChI=1S/C22H36N4O3S/c1-5-17-7-9-18(10-8-17)22(3,4)16-25-21(23-6-2)24-13-11-20(27)26-19-12-14-30(28,29)15-19/h7-10,19H,5-6,11-16H2,1-4H3,(H,26,27)(H2,23,24,25). The first-order chi connectivity index (χ1) is 14.1. The van der Waals surface area contributed by atoms with Gasteiger partial charge < -0.3 is 16.0 Å². The zero-order valence-electron chi connectivity index (χ0n) is 18.6. The third kappa shape index (κ3) is 7.63. The number of benzene rings is 1. The van der Waals surface area contributed by atoms with Gasteiger partial charge in [0.25, 0.3) is 0 Å². The minimum Gasteiger partial charge on any atom is -0.357 e. The topological polar surface area (TPSA) is 99.7 Å². The van der Waals surface area contributed by atoms with Crippen LogP contribution in [0.4, 0.5) is 0 Å². The molecule has 1 atom stereocenters. The zero-order chi connectivity index (χ0) is 22.2. The summed E-state index contributed by atoms with van der Waals surface area (Å²) in [6, 6.07) is 8.41. The minimum atomic E-state index is -2.99. The molecule has 7 nitrogen and oxygen atoms in total. The number of hydrogen-bond donors (Lipinski definition) is 3. The lowest BCUT2D eigenvalue weighted by Crippen LogP contribution is -2.41. The molecule has 0 spiro atoms. The second-order valence-corrected chi connectivity index (χ2v) is 10.7. The molecule has 1 aliphatic heterocycles. The minimum absolute atomic E-state index is 0.0462. The molecule has 1 aromatic carbocycles. The van der Waals surface area contributed by atoms with E-state index in [0.29, 0.717) is 25.5 Å². The molecule has 2 rings (SSSR count). The molecule has 1 fully saturated rings. The van der Waals surface area contributed by atoms with Crippen LogP contribution in [-0.4, -0.2) is 57.5 Å². The van der Waals surface area contributed by atoms with Crippen LogP contribution in [-0.2, 0) is 26.5 Å². The van der Waals surface area contributed by atoms with E-state index < -0.39 is 9.84 Å². The number of rotatable bonds is 9. The Bertz CT molecular complexity index is 832. The van der Waals surface area contributed by atoms with Crippen molar-refractivity contribution in [2.24, 2.45) is 4.99 Å². The lowest BCUT2D eigenvalue weighted by atomic mass is 9.84. The SMILES string of the molecule is CCNC(=NCC(C)(C)c1ccc(CC)cc1)NCCC(=O)NC1CCS(=O)(=O)C1. The largest absolute Gasteiger partial charge is 0.357 e. The zero-order valence-corrected chi connectivity index (χ0v) is 19.4. The Morgan fingerprint density at radius 2 is 1.87 bits per heavy atom. The molecule has 168 valence electrons. The van der Waals surface area contributed by atoms with Gasteiger partial charge in [-0.25, -0.2) is 8.42 Å². The van der Waals surface area contributed by atoms with Gasteiger partial charge in [-0.2, -0.15) is 0 Å². The van der Waals surface area contributed by atoms with Crippen molar-refractivity contribution in [2.75, 3.05) is 31.1 Å². The van der Waals surface area contributed by atoms with Crippen LogP contribution in [0.1, 0.15) is 51.7 Å². The smallest absolute Gasteiger partial charge is 0.222 e. The maximum atomic E-state index is 12.1. The fourth-order valence-corrected chi connectivity index (χ4v) is 5.08. The summed E-state index contributed by atoms with van der Waals surface area (Å²) in [5.41, 5.74) is 2.45. The van der Waals surface area contributed by atoms with Gasteiger partial charge in [0.05, 0.1) is 18.1 Å². The summed E-state index contributed by atoms with van der Waals surface area (Å²) in [6.45, 7) is 10.3. The molecule has 0 radical (unpaired) electrons. The van der Waals surface area contributed by atoms with Crippen molar-refractivity contribution in [1.82, 2.24) is 16.0 Å². The monoisotopic (exact) mass is 436 g/mol. The number of hydrogen-bond acceptors (Lipinski definition) is 4. The van der Waals surface area contributed by atoms with E-state index >= 15 is 0 Å². The van der Waals surface area contributed by atoms with Gasteiger partial charge in [-0.05, 0) is 30.9 Å². The van der Waals surface area contributed by atoms with Crippen LogP contribution in [0, 0.1) is 0 Å². The van der Waals surface area contributed by atoms with Crippen molar-refractivity contribution >= 4 is 21.7 Å². The maximum absolute atomic E-state index is 12.1. The molecule has 1 unspecified atom stereocenters. The molecule has 0 bridgehead atoms. The molecule has 0 aliphatic carbocycles. The molecule has 0 aromatic heterocycles. The molecule has 1 aliphatic rings. The number of aliphatic imine (C=N–C) groups is 1. The first-order valence-corrected chi connectivity index (χ1v) is 12.6. The van der Waals surface area contributed by atoms with Gasteiger partial charge in [0, 0.05) is 31.0 Å². The summed E-state index contributed by atoms with van der Waals surface area (Å²) in [7, 11) is -2.99. The molecule has 0 saturated carbocycles. The molecule has 8 heteroatoms. The van der Waals surface area contributed by atoms with E-state index in [0.717, 1.165) is 13.0 Å². The Morgan fingerprint density at radius 1 is 1.17 bits per heavy atom. The number of guanidine groups is 1. The molecule has 1 heterocycles. The van der Waals surface area contributed by atoms with Crippen molar-refractivity contribution in [2.45, 2.75) is 58.4 Å². The number of nitrogens with zero attached hydrogens (tertiary/aromatic N) is 1. The molecule has 1 amide bonds. The van der Waals surface area contributed by atoms with Crippen molar-refractivity contribution in [3.8, 4) is 0 Å². The number of carbonyl (C=O) groups excluding carboxylic acids is 1. The first kappa shape index (κ1) is 24.2. The number of carbonyl (C=O) groups is 1. The molecule has 30 heavy (non-hydrogen) atoms. The highest BCUT2D eigenvalue weighted by Gasteiger charge is 2.28. The number of nitrogens with one attached hydrogen (secondary N) is 3. The van der Waals surface area contributed by atoms with Crippen LogP contribution in [0.2, 0.25) is 0 Å². The molecular formula is C22H36N4O3S. The van der Waals surface area contributed by atoms with Gasteiger partial charge in [0.1, 0.15) is 0 Å². The Balaban J connectivity index is 1.85. The summed E-state index contributed by atoms with van der Waals surface area (Å²) in [5.74, 6) is 0.735. The Morgan fingerprint density at radius 3 is 2.43 bits per heavy atom. The Labute approximate surface area is 181 Å². The summed E-state index contributed by atoms with van der Waals surface area (Å²) in [5, 5.41) is 9.21. The third-order valence-corrected chi connectivity index (χ3v) is 7.13. The van der Waals surface area contributed by atoms with E-state index in [9.17, 15) is 13.2 Å². The highest BCUT2D eigenvalue weighted by Crippen LogP contribution is 2.24. The first-order valence-electron chi connectivity index (χ1n) is 10.8. The fraction of sp³-hybridized carbons (Fsp3) is 0.636. The van der Waals surface area contributed by atoms with Crippen molar-refractivity contribution in [3.05, 3.63) is 35.4 Å². The van der Waals surface area contributed by atoms with E-state index in [1.165, 1.54) is 11.1 Å². The molecule has 3 N–H and O–H groups in total. The lowest BCUT2D eigenvalue weighted by Gasteiger charge is -2.24. The third-order valence-electron chi connectivity index (χ3n) is 5.36. The van der Waals surface area contributed by atoms with E-state index in [2.05, 4.69) is 61.0 Å². The molecule has 1 aromatic rings. The summed E-state index contributed by atoms with van der Waals surface area (Å²) in [6.07, 6.45) is 1.79. The van der Waals surface area contributed by atoms with Gasteiger partial charge >= 0.3 is 0 Å². The van der Waals surface area contributed by atoms with E-state index in [4.69, 9.17) is 4.99 Å². The molecular weight excluding hydrogens is 400 g/mol. The predicted octanol–water partition coefficient (Wildman–Crippen LogP) is 1.78. The summed E-state index contributed by atoms with van der Waals surface area (Å²) >= 11 is 0. The van der Waals surface area contributed by atoms with Crippen LogP contribution in [0.25, 0.3) is 0 Å². The van der Waals surface area contributed by atoms with E-state index in [-0.39, 0.29) is 35.3 Å². The van der Waals surface area contributed by atoms with Crippen LogP contribution in [0.5, 0.6) is 0 Å². The second kappa shape index (κ2) is 10.8. The second-order valence-electron chi connectivity index (χ2n) is 8.47. The van der Waals surface area contributed by atoms with Crippen molar-refractivity contribution < 1.29 is 13.2 Å². The summed E-state index contributed by atoms with van der Waals surface area (Å²) in [4.78, 5) is 16.8. The number of sulfone groups is 1. The Hall–Kier alpha value is -2.09. The van der Waals surface area contributed by atoms with Crippen LogP contribution in [0.15, 0.2) is 29.3 Å². The Kier molecular flexibility index (Phi) is 8.70. The summed E-state index contributed by atoms with van der Waals surface area (Å²) < 4.78 is 23.0. The average molecular weight is 437 g/mol. The van der Waals surface area contributed by atoms with Gasteiger partial charge in [-0.15, -0.1) is 0 Å². The van der Waals surface area contributed by atoms with Gasteiger partial charge in [0.15, 0.2) is 15.8 Å². The molecule has 1 saturated heterocycles. The average Bonchev–Trinajstić information content (AvgIpc) is 3.04. The number of aryl methyl sites for hydroxylation is 1. The van der Waals surface area contributed by atoms with Gasteiger partial charge in [0.2, 0.25) is 5.91 Å². The van der Waals surface area contributed by atoms with Gasteiger partial charge in [-0.1, -0.05) is 45.0 Å². The highest BCUT2D eigenvalue weighted by atomic mass is 32.2. The van der Waals surface area contributed by atoms with E-state index in [1.807, 2.05) is 6.92 Å². The van der Waals surface area contributed by atoms with E-state index in [1.54, 1.807) is 0 Å². The van der Waals surface area contributed by atoms with Crippen molar-refractivity contribution in [1.29, 1.82) is 0 Å².